The van der Waals surface area contributed by atoms with Crippen LogP contribution in [-0.2, 0) is 9.47 Å². The minimum atomic E-state index is -0.206. The summed E-state index contributed by atoms with van der Waals surface area (Å²) in [6.07, 6.45) is 12.4. The van der Waals surface area contributed by atoms with E-state index >= 15 is 0 Å². The van der Waals surface area contributed by atoms with Gasteiger partial charge in [0.05, 0.1) is 13.2 Å². The van der Waals surface area contributed by atoms with Crippen molar-refractivity contribution in [1.82, 2.24) is 0 Å². The number of aryl methyl sites for hydroxylation is 1. The Morgan fingerprint density at radius 2 is 1.12 bits per heavy atom. The fourth-order valence-corrected chi connectivity index (χ4v) is 2.76. The van der Waals surface area contributed by atoms with Crippen molar-refractivity contribution in [3.8, 4) is 0 Å². The maximum Gasteiger partial charge on any atom is 0.183 e. The third-order valence-electron chi connectivity index (χ3n) is 4.38. The van der Waals surface area contributed by atoms with Gasteiger partial charge in [0.25, 0.3) is 0 Å². The molecular weight excluding hydrogens is 296 g/mol. The van der Waals surface area contributed by atoms with Crippen LogP contribution >= 0.6 is 0 Å². The van der Waals surface area contributed by atoms with Gasteiger partial charge in [-0.2, -0.15) is 0 Å². The molecule has 0 aliphatic heterocycles. The molecule has 24 heavy (non-hydrogen) atoms. The molecule has 0 N–H and O–H groups in total. The molecule has 0 amide bonds. The third kappa shape index (κ3) is 10.1. The molecule has 138 valence electrons. The summed E-state index contributed by atoms with van der Waals surface area (Å²) in [5, 5.41) is 0. The summed E-state index contributed by atoms with van der Waals surface area (Å²) in [5.74, 6) is 0. The van der Waals surface area contributed by atoms with Gasteiger partial charge in [0, 0.05) is 5.56 Å². The second kappa shape index (κ2) is 14.5. The van der Waals surface area contributed by atoms with Gasteiger partial charge in [-0.25, -0.2) is 0 Å². The van der Waals surface area contributed by atoms with Gasteiger partial charge in [-0.05, 0) is 19.8 Å². The van der Waals surface area contributed by atoms with Crippen LogP contribution in [-0.4, -0.2) is 13.2 Å². The van der Waals surface area contributed by atoms with Crippen molar-refractivity contribution in [2.75, 3.05) is 13.2 Å². The van der Waals surface area contributed by atoms with Gasteiger partial charge in [0.1, 0.15) is 0 Å². The number of hydrogen-bond acceptors (Lipinski definition) is 2. The Labute approximate surface area is 149 Å². The molecular formula is C22H38O2. The molecule has 0 aromatic heterocycles. The number of benzene rings is 1. The Morgan fingerprint density at radius 3 is 1.58 bits per heavy atom. The monoisotopic (exact) mass is 334 g/mol. The lowest BCUT2D eigenvalue weighted by atomic mass is 10.1. The molecule has 0 bridgehead atoms. The van der Waals surface area contributed by atoms with E-state index in [1.807, 2.05) is 0 Å². The largest absolute Gasteiger partial charge is 0.348 e. The minimum absolute atomic E-state index is 0.206. The molecule has 0 heterocycles. The van der Waals surface area contributed by atoms with Gasteiger partial charge in [-0.3, -0.25) is 0 Å². The summed E-state index contributed by atoms with van der Waals surface area (Å²) in [6, 6.07) is 8.54. The molecule has 0 saturated carbocycles. The van der Waals surface area contributed by atoms with Crippen LogP contribution in [0.15, 0.2) is 24.3 Å². The highest BCUT2D eigenvalue weighted by Crippen LogP contribution is 2.21. The summed E-state index contributed by atoms with van der Waals surface area (Å²) < 4.78 is 12.1. The highest BCUT2D eigenvalue weighted by molar-refractivity contribution is 5.22. The Hall–Kier alpha value is -0.860. The van der Waals surface area contributed by atoms with Crippen molar-refractivity contribution in [2.45, 2.75) is 91.3 Å². The quantitative estimate of drug-likeness (QED) is 0.255. The zero-order valence-corrected chi connectivity index (χ0v) is 16.2. The lowest BCUT2D eigenvalue weighted by molar-refractivity contribution is -0.148. The predicted molar refractivity (Wildman–Crippen MR) is 103 cm³/mol. The van der Waals surface area contributed by atoms with Crippen molar-refractivity contribution in [3.63, 3.8) is 0 Å². The summed E-state index contributed by atoms with van der Waals surface area (Å²) in [6.45, 7) is 8.19. The molecule has 1 rings (SSSR count). The predicted octanol–water partition coefficient (Wildman–Crippen LogP) is 6.97. The normalized spacial score (nSPS) is 11.3. The summed E-state index contributed by atoms with van der Waals surface area (Å²) in [5.41, 5.74) is 2.42. The molecule has 0 radical (unpaired) electrons. The first-order valence-electron chi connectivity index (χ1n) is 10.1. The molecule has 0 atom stereocenters. The highest BCUT2D eigenvalue weighted by Gasteiger charge is 2.12. The second-order valence-corrected chi connectivity index (χ2v) is 6.81. The average Bonchev–Trinajstić information content (AvgIpc) is 2.60. The zero-order valence-electron chi connectivity index (χ0n) is 16.2. The SMILES string of the molecule is CCCCCCCOC(OCCCCCCC)c1ccc(C)cc1. The molecule has 1 aromatic rings. The first kappa shape index (κ1) is 21.2. The van der Waals surface area contributed by atoms with E-state index in [0.29, 0.717) is 0 Å². The minimum Gasteiger partial charge on any atom is -0.348 e. The number of unbranched alkanes of at least 4 members (excludes halogenated alkanes) is 8. The van der Waals surface area contributed by atoms with Crippen molar-refractivity contribution in [1.29, 1.82) is 0 Å². The molecule has 0 unspecified atom stereocenters. The summed E-state index contributed by atoms with van der Waals surface area (Å²) >= 11 is 0. The Kier molecular flexibility index (Phi) is 12.8. The van der Waals surface area contributed by atoms with Gasteiger partial charge < -0.3 is 9.47 Å². The standard InChI is InChI=1S/C22H38O2/c1-4-6-8-10-12-18-23-22(21-16-14-20(3)15-17-21)24-19-13-11-9-7-5-2/h14-17,22H,4-13,18-19H2,1-3H3. The van der Waals surface area contributed by atoms with E-state index in [0.717, 1.165) is 31.6 Å². The second-order valence-electron chi connectivity index (χ2n) is 6.81. The fourth-order valence-electron chi connectivity index (χ4n) is 2.76. The van der Waals surface area contributed by atoms with Gasteiger partial charge in [-0.15, -0.1) is 0 Å². The van der Waals surface area contributed by atoms with E-state index in [4.69, 9.17) is 9.47 Å². The lowest BCUT2D eigenvalue weighted by Gasteiger charge is -2.19. The highest BCUT2D eigenvalue weighted by atomic mass is 16.7. The topological polar surface area (TPSA) is 18.5 Å². The van der Waals surface area contributed by atoms with Crippen LogP contribution in [0.2, 0.25) is 0 Å². The Balaban J connectivity index is 2.34. The van der Waals surface area contributed by atoms with Crippen LogP contribution in [0.4, 0.5) is 0 Å². The Morgan fingerprint density at radius 1 is 0.667 bits per heavy atom. The summed E-state index contributed by atoms with van der Waals surface area (Å²) in [4.78, 5) is 0. The third-order valence-corrected chi connectivity index (χ3v) is 4.38. The van der Waals surface area contributed by atoms with E-state index in [1.54, 1.807) is 0 Å². The maximum atomic E-state index is 6.05. The number of hydrogen-bond donors (Lipinski definition) is 0. The van der Waals surface area contributed by atoms with Crippen molar-refractivity contribution < 1.29 is 9.47 Å². The average molecular weight is 335 g/mol. The van der Waals surface area contributed by atoms with Crippen LogP contribution in [0, 0.1) is 6.92 Å². The first-order valence-corrected chi connectivity index (χ1v) is 10.1. The van der Waals surface area contributed by atoms with Crippen LogP contribution in [0.5, 0.6) is 0 Å². The van der Waals surface area contributed by atoms with E-state index in [2.05, 4.69) is 45.0 Å². The van der Waals surface area contributed by atoms with Crippen LogP contribution in [0.3, 0.4) is 0 Å². The molecule has 0 saturated heterocycles. The summed E-state index contributed by atoms with van der Waals surface area (Å²) in [7, 11) is 0. The first-order chi connectivity index (χ1) is 11.8. The van der Waals surface area contributed by atoms with Gasteiger partial charge in [0.15, 0.2) is 6.29 Å². The van der Waals surface area contributed by atoms with Crippen molar-refractivity contribution >= 4 is 0 Å². The zero-order chi connectivity index (χ0) is 17.5. The van der Waals surface area contributed by atoms with E-state index in [9.17, 15) is 0 Å². The number of rotatable bonds is 15. The van der Waals surface area contributed by atoms with Crippen LogP contribution < -0.4 is 0 Å². The number of ether oxygens (including phenoxy) is 2. The molecule has 0 aliphatic rings. The molecule has 0 spiro atoms. The van der Waals surface area contributed by atoms with E-state index in [1.165, 1.54) is 56.9 Å². The van der Waals surface area contributed by atoms with Gasteiger partial charge >= 0.3 is 0 Å². The molecule has 0 fully saturated rings. The smallest absolute Gasteiger partial charge is 0.183 e. The van der Waals surface area contributed by atoms with E-state index < -0.39 is 0 Å². The molecule has 2 heteroatoms. The van der Waals surface area contributed by atoms with Crippen molar-refractivity contribution in [3.05, 3.63) is 35.4 Å². The van der Waals surface area contributed by atoms with Crippen LogP contribution in [0.25, 0.3) is 0 Å². The molecule has 2 nitrogen and oxygen atoms in total. The van der Waals surface area contributed by atoms with Crippen molar-refractivity contribution in [2.24, 2.45) is 0 Å². The van der Waals surface area contributed by atoms with Crippen LogP contribution in [0.1, 0.15) is 95.5 Å². The van der Waals surface area contributed by atoms with Gasteiger partial charge in [0.2, 0.25) is 0 Å². The molecule has 1 aromatic carbocycles. The molecule has 0 aliphatic carbocycles. The van der Waals surface area contributed by atoms with Gasteiger partial charge in [-0.1, -0.05) is 95.0 Å². The Bertz CT molecular complexity index is 369. The maximum absolute atomic E-state index is 6.05. The van der Waals surface area contributed by atoms with E-state index in [-0.39, 0.29) is 6.29 Å². The fraction of sp³-hybridized carbons (Fsp3) is 0.727. The lowest BCUT2D eigenvalue weighted by Crippen LogP contribution is -2.11.